The molecule has 0 heterocycles. The van der Waals surface area contributed by atoms with Crippen molar-refractivity contribution in [1.82, 2.24) is 5.32 Å². The Morgan fingerprint density at radius 3 is 2.36 bits per heavy atom. The lowest BCUT2D eigenvalue weighted by molar-refractivity contribution is -0.148. The predicted octanol–water partition coefficient (Wildman–Crippen LogP) is 3.13. The highest BCUT2D eigenvalue weighted by Gasteiger charge is 2.39. The van der Waals surface area contributed by atoms with Gasteiger partial charge >= 0.3 is 5.97 Å². The molecule has 0 spiro atoms. The van der Waals surface area contributed by atoms with Crippen LogP contribution < -0.4 is 5.32 Å². The Labute approximate surface area is 262 Å². The van der Waals surface area contributed by atoms with Gasteiger partial charge in [-0.25, -0.2) is 0 Å². The lowest BCUT2D eigenvalue weighted by Gasteiger charge is -2.21. The summed E-state index contributed by atoms with van der Waals surface area (Å²) < 4.78 is 21.8. The Kier molecular flexibility index (Phi) is 20.3. The van der Waals surface area contributed by atoms with Gasteiger partial charge in [0.15, 0.2) is 0 Å². The van der Waals surface area contributed by atoms with Gasteiger partial charge in [0.05, 0.1) is 64.9 Å². The van der Waals surface area contributed by atoms with Gasteiger partial charge in [0.2, 0.25) is 5.91 Å². The van der Waals surface area contributed by atoms with E-state index in [2.05, 4.69) is 5.32 Å². The van der Waals surface area contributed by atoms with Gasteiger partial charge in [-0.1, -0.05) is 48.6 Å². The summed E-state index contributed by atoms with van der Waals surface area (Å²) in [6, 6.07) is 9.98. The van der Waals surface area contributed by atoms with E-state index in [9.17, 15) is 19.8 Å². The average molecular weight is 620 g/mol. The molecular weight excluding hydrogens is 566 g/mol. The van der Waals surface area contributed by atoms with Gasteiger partial charge in [-0.05, 0) is 56.6 Å². The second-order valence-corrected chi connectivity index (χ2v) is 10.9. The van der Waals surface area contributed by atoms with Crippen LogP contribution in [0.5, 0.6) is 0 Å². The fourth-order valence-electron chi connectivity index (χ4n) is 5.13. The molecule has 0 aliphatic heterocycles. The van der Waals surface area contributed by atoms with E-state index < -0.39 is 18.3 Å². The first-order valence-corrected chi connectivity index (χ1v) is 16.0. The van der Waals surface area contributed by atoms with Crippen molar-refractivity contribution < 1.29 is 43.9 Å². The molecule has 1 amide bonds. The highest BCUT2D eigenvalue weighted by Crippen LogP contribution is 2.36. The van der Waals surface area contributed by atoms with Crippen molar-refractivity contribution in [2.45, 2.75) is 76.6 Å². The maximum atomic E-state index is 12.7. The number of allylic oxidation sites excluding steroid dienone is 2. The van der Waals surface area contributed by atoms with Crippen LogP contribution in [0.25, 0.3) is 0 Å². The summed E-state index contributed by atoms with van der Waals surface area (Å²) in [5.74, 6) is -0.730. The van der Waals surface area contributed by atoms with Gasteiger partial charge in [0.25, 0.3) is 0 Å². The third-order valence-corrected chi connectivity index (χ3v) is 7.46. The first kappa shape index (κ1) is 37.6. The monoisotopic (exact) mass is 619 g/mol. The largest absolute Gasteiger partial charge is 0.458 e. The summed E-state index contributed by atoms with van der Waals surface area (Å²) in [4.78, 5) is 24.3. The summed E-state index contributed by atoms with van der Waals surface area (Å²) in [6.45, 7) is 4.54. The van der Waals surface area contributed by atoms with Gasteiger partial charge in [-0.2, -0.15) is 0 Å². The van der Waals surface area contributed by atoms with Crippen molar-refractivity contribution in [3.8, 4) is 0 Å². The minimum atomic E-state index is -0.681. The summed E-state index contributed by atoms with van der Waals surface area (Å²) in [6.07, 6.45) is 10.4. The zero-order valence-corrected chi connectivity index (χ0v) is 26.2. The molecule has 1 saturated carbocycles. The highest BCUT2D eigenvalue weighted by atomic mass is 16.6. The smallest absolute Gasteiger partial charge is 0.308 e. The van der Waals surface area contributed by atoms with Gasteiger partial charge in [-0.15, -0.1) is 0 Å². The van der Waals surface area contributed by atoms with Gasteiger partial charge < -0.3 is 39.6 Å². The number of carbonyl (C=O) groups is 2. The van der Waals surface area contributed by atoms with Gasteiger partial charge in [-0.3, -0.25) is 9.59 Å². The number of nitrogens with one attached hydrogen (secondary N) is 1. The second kappa shape index (κ2) is 23.7. The molecular formula is C34H53NO9. The predicted molar refractivity (Wildman–Crippen MR) is 168 cm³/mol. The van der Waals surface area contributed by atoms with E-state index in [1.165, 1.54) is 0 Å². The molecule has 0 unspecified atom stereocenters. The number of aliphatic hydroxyl groups excluding tert-OH is 3. The lowest BCUT2D eigenvalue weighted by Crippen LogP contribution is -2.22. The SMILES string of the molecule is CCNC(=O)CCCC=CC[C@@H]1[C@@H](C=C[C@H](CCc2ccccc2)OC(=O)CCOCCOCCOCCO)[C@H](O)C[C@@H]1O. The molecule has 0 saturated heterocycles. The fraction of sp³-hybridized carbons (Fsp3) is 0.647. The molecule has 10 nitrogen and oxygen atoms in total. The Bertz CT molecular complexity index is 955. The number of unbranched alkanes of at least 4 members (excludes halogenated alkanes) is 1. The molecule has 4 N–H and O–H groups in total. The van der Waals surface area contributed by atoms with Gasteiger partial charge in [0, 0.05) is 25.3 Å². The first-order valence-electron chi connectivity index (χ1n) is 16.0. The van der Waals surface area contributed by atoms with Crippen LogP contribution in [0.3, 0.4) is 0 Å². The summed E-state index contributed by atoms with van der Waals surface area (Å²) >= 11 is 0. The minimum absolute atomic E-state index is 0.0186. The molecule has 0 bridgehead atoms. The molecule has 248 valence electrons. The van der Waals surface area contributed by atoms with Crippen LogP contribution >= 0.6 is 0 Å². The molecule has 0 aromatic heterocycles. The molecule has 1 aromatic rings. The normalized spacial score (nSPS) is 20.8. The van der Waals surface area contributed by atoms with Crippen LogP contribution in [0.15, 0.2) is 54.6 Å². The van der Waals surface area contributed by atoms with Crippen molar-refractivity contribution in [3.63, 3.8) is 0 Å². The number of carbonyl (C=O) groups excluding carboxylic acids is 2. The Hall–Kier alpha value is -2.60. The number of benzene rings is 1. The topological polar surface area (TPSA) is 144 Å². The number of aryl methyl sites for hydroxylation is 1. The van der Waals surface area contributed by atoms with E-state index in [4.69, 9.17) is 24.1 Å². The number of esters is 1. The third kappa shape index (κ3) is 16.5. The maximum absolute atomic E-state index is 12.7. The molecule has 1 aliphatic carbocycles. The van der Waals surface area contributed by atoms with E-state index in [1.807, 2.05) is 61.6 Å². The summed E-state index contributed by atoms with van der Waals surface area (Å²) in [7, 11) is 0. The number of hydrogen-bond acceptors (Lipinski definition) is 9. The lowest BCUT2D eigenvalue weighted by atomic mass is 9.89. The maximum Gasteiger partial charge on any atom is 0.308 e. The molecule has 1 aliphatic rings. The van der Waals surface area contributed by atoms with Crippen LogP contribution in [-0.2, 0) is 35.0 Å². The molecule has 1 fully saturated rings. The van der Waals surface area contributed by atoms with Crippen molar-refractivity contribution in [3.05, 3.63) is 60.2 Å². The molecule has 44 heavy (non-hydrogen) atoms. The average Bonchev–Trinajstić information content (AvgIpc) is 3.28. The molecule has 10 heteroatoms. The van der Waals surface area contributed by atoms with E-state index in [-0.39, 0.29) is 50.0 Å². The third-order valence-electron chi connectivity index (χ3n) is 7.46. The second-order valence-electron chi connectivity index (χ2n) is 10.9. The van der Waals surface area contributed by atoms with Crippen LogP contribution in [-0.4, -0.2) is 98.3 Å². The first-order chi connectivity index (χ1) is 21.4. The molecule has 2 rings (SSSR count). The molecule has 5 atom stereocenters. The Balaban J connectivity index is 1.86. The zero-order valence-electron chi connectivity index (χ0n) is 26.2. The van der Waals surface area contributed by atoms with Gasteiger partial charge in [0.1, 0.15) is 6.10 Å². The number of ether oxygens (including phenoxy) is 4. The van der Waals surface area contributed by atoms with Crippen molar-refractivity contribution >= 4 is 11.9 Å². The number of amides is 1. The Morgan fingerprint density at radius 2 is 1.66 bits per heavy atom. The summed E-state index contributed by atoms with van der Waals surface area (Å²) in [5, 5.41) is 32.8. The van der Waals surface area contributed by atoms with E-state index >= 15 is 0 Å². The van der Waals surface area contributed by atoms with E-state index in [1.54, 1.807) is 0 Å². The van der Waals surface area contributed by atoms with Crippen molar-refractivity contribution in [2.24, 2.45) is 11.8 Å². The standard InChI is InChI=1S/C34H53NO9/c1-2-35-33(39)13-9-4-3-8-12-29-30(32(38)26-31(29)37)17-16-28(15-14-27-10-6-5-7-11-27)44-34(40)18-20-41-22-24-43-25-23-42-21-19-36/h3,5-8,10-11,16-17,28-32,36-38H,2,4,9,12-15,18-26H2,1H3,(H,35,39)/t28-,29+,30+,31-,32+/m0/s1. The van der Waals surface area contributed by atoms with Crippen molar-refractivity contribution in [2.75, 3.05) is 52.8 Å². The number of aliphatic hydroxyl groups is 3. The van der Waals surface area contributed by atoms with Crippen LogP contribution in [0, 0.1) is 11.8 Å². The van der Waals surface area contributed by atoms with E-state index in [0.717, 1.165) is 24.8 Å². The zero-order chi connectivity index (χ0) is 31.8. The highest BCUT2D eigenvalue weighted by molar-refractivity contribution is 5.75. The number of hydrogen-bond donors (Lipinski definition) is 4. The molecule has 1 aromatic carbocycles. The van der Waals surface area contributed by atoms with E-state index in [0.29, 0.717) is 58.7 Å². The van der Waals surface area contributed by atoms with Crippen molar-refractivity contribution in [1.29, 1.82) is 0 Å². The van der Waals surface area contributed by atoms with Crippen LogP contribution in [0.2, 0.25) is 0 Å². The van der Waals surface area contributed by atoms with Crippen LogP contribution in [0.1, 0.15) is 57.4 Å². The number of rotatable bonds is 24. The quantitative estimate of drug-likeness (QED) is 0.0780. The summed E-state index contributed by atoms with van der Waals surface area (Å²) in [5.41, 5.74) is 1.14. The Morgan fingerprint density at radius 1 is 0.955 bits per heavy atom. The fourth-order valence-corrected chi connectivity index (χ4v) is 5.13. The van der Waals surface area contributed by atoms with Crippen LogP contribution in [0.4, 0.5) is 0 Å². The molecule has 0 radical (unpaired) electrons. The minimum Gasteiger partial charge on any atom is -0.458 e.